The smallest absolute Gasteiger partial charge is 0.534 e. The number of hydrogen-bond acceptors (Lipinski definition) is 5. The number of carboxylic acids is 1. The Bertz CT molecular complexity index is 1040. The summed E-state index contributed by atoms with van der Waals surface area (Å²) in [6.07, 6.45) is 0.389. The maximum absolute atomic E-state index is 12.5. The molecule has 2 aromatic carbocycles. The number of carbonyl (C=O) groups excluding carboxylic acids is 1. The molecule has 1 amide bonds. The summed E-state index contributed by atoms with van der Waals surface area (Å²) in [4.78, 5) is 25.6. The van der Waals surface area contributed by atoms with Crippen LogP contribution in [0.4, 0.5) is 0 Å². The van der Waals surface area contributed by atoms with Crippen molar-refractivity contribution in [2.75, 3.05) is 0 Å². The normalized spacial score (nSPS) is 17.0. The minimum atomic E-state index is -1.34. The number of carbonyl (C=O) groups is 2. The number of nitrogens with two attached hydrogens (primary N) is 1. The molecule has 0 aliphatic carbocycles. The number of nitrogens with zero attached hydrogens (tertiary/aromatic N) is 1. The van der Waals surface area contributed by atoms with Crippen molar-refractivity contribution in [3.8, 4) is 5.75 Å². The molecule has 0 spiro atoms. The summed E-state index contributed by atoms with van der Waals surface area (Å²) < 4.78 is 5.41. The number of fused-ring (bicyclic) bond motifs is 2. The van der Waals surface area contributed by atoms with Gasteiger partial charge in [0.05, 0.1) is 17.9 Å². The minimum absolute atomic E-state index is 0.0168. The number of rotatable bonds is 4. The van der Waals surface area contributed by atoms with E-state index in [1.807, 2.05) is 18.2 Å². The van der Waals surface area contributed by atoms with Gasteiger partial charge in [-0.05, 0) is 34.7 Å². The van der Waals surface area contributed by atoms with Crippen molar-refractivity contribution in [1.82, 2.24) is 10.2 Å². The van der Waals surface area contributed by atoms with Crippen LogP contribution in [0.5, 0.6) is 5.75 Å². The minimum Gasteiger partial charge on any atom is -0.534 e. The highest BCUT2D eigenvalue weighted by molar-refractivity contribution is 6.47. The summed E-state index contributed by atoms with van der Waals surface area (Å²) in [6, 6.07) is 10.5. The van der Waals surface area contributed by atoms with Crippen molar-refractivity contribution < 1.29 is 24.4 Å². The van der Waals surface area contributed by atoms with Crippen LogP contribution in [-0.2, 0) is 30.7 Å². The van der Waals surface area contributed by atoms with Gasteiger partial charge in [0.25, 0.3) is 0 Å². The monoisotopic (exact) mass is 408 g/mol. The number of para-hydroxylation sites is 1. The highest BCUT2D eigenvalue weighted by atomic mass is 16.5. The lowest BCUT2D eigenvalue weighted by molar-refractivity contribution is -0.120. The first-order valence-corrected chi connectivity index (χ1v) is 9.50. The molecule has 1 atom stereocenters. The Labute approximate surface area is 173 Å². The second-order valence-electron chi connectivity index (χ2n) is 7.51. The van der Waals surface area contributed by atoms with Crippen LogP contribution in [0.15, 0.2) is 36.4 Å². The number of carboxylic acid groups (broad SMARTS) is 1. The van der Waals surface area contributed by atoms with Crippen molar-refractivity contribution in [2.24, 2.45) is 5.73 Å². The Hall–Kier alpha value is -3.53. The molecule has 0 saturated heterocycles. The molecule has 0 radical (unpaired) electrons. The molecule has 4 rings (SSSR count). The fourth-order valence-corrected chi connectivity index (χ4v) is 3.89. The largest absolute Gasteiger partial charge is 0.547 e. The molecule has 2 aliphatic rings. The summed E-state index contributed by atoms with van der Waals surface area (Å²) in [5.74, 6) is -1.94. The topological polar surface area (TPSA) is 149 Å². The lowest BCUT2D eigenvalue weighted by Crippen LogP contribution is -2.53. The van der Waals surface area contributed by atoms with Crippen molar-refractivity contribution in [3.05, 3.63) is 64.2 Å². The van der Waals surface area contributed by atoms with Gasteiger partial charge in [0.2, 0.25) is 5.91 Å². The molecule has 0 bridgehead atoms. The molecular weight excluding hydrogens is 387 g/mol. The number of benzene rings is 2. The molecule has 0 aromatic heterocycles. The third kappa shape index (κ3) is 3.81. The Morgan fingerprint density at radius 2 is 2.00 bits per heavy atom. The molecule has 2 aliphatic heterocycles. The molecule has 2 aromatic rings. The Balaban J connectivity index is 1.42. The summed E-state index contributed by atoms with van der Waals surface area (Å²) in [5.41, 5.74) is 9.08. The van der Waals surface area contributed by atoms with Crippen molar-refractivity contribution in [1.29, 1.82) is 5.41 Å². The molecule has 9 nitrogen and oxygen atoms in total. The van der Waals surface area contributed by atoms with E-state index in [1.54, 1.807) is 17.0 Å². The third-order valence-corrected chi connectivity index (χ3v) is 5.39. The van der Waals surface area contributed by atoms with Gasteiger partial charge >= 0.3 is 13.1 Å². The Morgan fingerprint density at radius 3 is 2.73 bits per heavy atom. The molecule has 2 heterocycles. The molecule has 154 valence electrons. The highest BCUT2D eigenvalue weighted by Crippen LogP contribution is 2.30. The van der Waals surface area contributed by atoms with E-state index in [9.17, 15) is 19.7 Å². The van der Waals surface area contributed by atoms with E-state index >= 15 is 0 Å². The van der Waals surface area contributed by atoms with Gasteiger partial charge in [-0.2, -0.15) is 0 Å². The fraction of sp³-hybridized carbons (Fsp3) is 0.250. The lowest BCUT2D eigenvalue weighted by atomic mass is 9.72. The summed E-state index contributed by atoms with van der Waals surface area (Å²) >= 11 is 0. The maximum atomic E-state index is 12.5. The molecule has 0 fully saturated rings. The van der Waals surface area contributed by atoms with Crippen LogP contribution in [0.2, 0.25) is 0 Å². The number of aromatic carboxylic acids is 1. The average Bonchev–Trinajstić information content (AvgIpc) is 3.11. The molecule has 0 saturated carbocycles. The quantitative estimate of drug-likeness (QED) is 0.277. The van der Waals surface area contributed by atoms with Crippen molar-refractivity contribution in [3.63, 3.8) is 0 Å². The third-order valence-electron chi connectivity index (χ3n) is 5.39. The van der Waals surface area contributed by atoms with Gasteiger partial charge in [-0.25, -0.2) is 4.79 Å². The van der Waals surface area contributed by atoms with Crippen LogP contribution in [-0.4, -0.2) is 45.9 Å². The van der Waals surface area contributed by atoms with Gasteiger partial charge in [-0.3, -0.25) is 10.2 Å². The Morgan fingerprint density at radius 1 is 1.23 bits per heavy atom. The van der Waals surface area contributed by atoms with Crippen LogP contribution >= 0.6 is 0 Å². The van der Waals surface area contributed by atoms with E-state index in [-0.39, 0.29) is 36.0 Å². The first-order chi connectivity index (χ1) is 14.3. The second-order valence-corrected chi connectivity index (χ2v) is 7.51. The summed E-state index contributed by atoms with van der Waals surface area (Å²) in [7, 11) is -1.34. The van der Waals surface area contributed by atoms with Gasteiger partial charge in [0.1, 0.15) is 5.75 Å². The van der Waals surface area contributed by atoms with Crippen LogP contribution in [0.25, 0.3) is 0 Å². The Kier molecular flexibility index (Phi) is 5.09. The zero-order chi connectivity index (χ0) is 21.4. The van der Waals surface area contributed by atoms with E-state index < -0.39 is 19.0 Å². The first-order valence-electron chi connectivity index (χ1n) is 9.50. The number of hydrogen-bond donors (Lipinski definition) is 5. The lowest BCUT2D eigenvalue weighted by Gasteiger charge is -2.28. The van der Waals surface area contributed by atoms with Gasteiger partial charge in [-0.1, -0.05) is 30.3 Å². The molecule has 10 heteroatoms. The van der Waals surface area contributed by atoms with E-state index in [0.717, 1.165) is 16.7 Å². The standard InChI is InChI=1S/C20H21BN4O5/c22-20(23)25-9-13-5-4-11(6-14(13)10-25)7-17(26)24-16-8-12-2-1-3-15(19(27)28)18(12)30-21(16)29/h1-6,16,29H,7-10H2,(H3,22,23)(H,24,26)(H,27,28)/t16-/m0/s1. The first kappa shape index (κ1) is 19.8. The summed E-state index contributed by atoms with van der Waals surface area (Å²) in [5, 5.41) is 29.9. The molecular formula is C20H21BN4O5. The van der Waals surface area contributed by atoms with E-state index in [0.29, 0.717) is 18.7 Å². The van der Waals surface area contributed by atoms with E-state index in [4.69, 9.17) is 15.8 Å². The zero-order valence-corrected chi connectivity index (χ0v) is 16.1. The SMILES string of the molecule is N=C(N)N1Cc2ccc(CC(=O)N[C@H]3Cc4cccc(C(=O)O)c4OB3O)cc2C1. The second kappa shape index (κ2) is 7.71. The summed E-state index contributed by atoms with van der Waals surface area (Å²) in [6.45, 7) is 1.12. The van der Waals surface area contributed by atoms with Crippen LogP contribution in [0.1, 0.15) is 32.6 Å². The van der Waals surface area contributed by atoms with E-state index in [2.05, 4.69) is 5.32 Å². The predicted octanol–water partition coefficient (Wildman–Crippen LogP) is 0.276. The average molecular weight is 408 g/mol. The molecule has 0 unspecified atom stereocenters. The van der Waals surface area contributed by atoms with Crippen molar-refractivity contribution in [2.45, 2.75) is 31.9 Å². The number of guanidine groups is 1. The van der Waals surface area contributed by atoms with E-state index in [1.165, 1.54) is 6.07 Å². The number of amides is 1. The predicted molar refractivity (Wildman–Crippen MR) is 109 cm³/mol. The molecule has 30 heavy (non-hydrogen) atoms. The van der Waals surface area contributed by atoms with Gasteiger partial charge in [0, 0.05) is 13.1 Å². The fourth-order valence-electron chi connectivity index (χ4n) is 3.89. The van der Waals surface area contributed by atoms with Crippen LogP contribution in [0, 0.1) is 5.41 Å². The zero-order valence-electron chi connectivity index (χ0n) is 16.1. The highest BCUT2D eigenvalue weighted by Gasteiger charge is 2.37. The van der Waals surface area contributed by atoms with Crippen LogP contribution < -0.4 is 15.7 Å². The van der Waals surface area contributed by atoms with Crippen molar-refractivity contribution >= 4 is 25.0 Å². The van der Waals surface area contributed by atoms with Gasteiger partial charge in [-0.15, -0.1) is 0 Å². The van der Waals surface area contributed by atoms with Gasteiger partial charge < -0.3 is 30.7 Å². The molecule has 6 N–H and O–H groups in total. The number of nitrogens with one attached hydrogen (secondary N) is 2. The van der Waals surface area contributed by atoms with Gasteiger partial charge in [0.15, 0.2) is 5.96 Å². The maximum Gasteiger partial charge on any atom is 0.547 e. The van der Waals surface area contributed by atoms with Crippen LogP contribution in [0.3, 0.4) is 0 Å².